The molecule has 0 N–H and O–H groups in total. The third-order valence-electron chi connectivity index (χ3n) is 10.2. The summed E-state index contributed by atoms with van der Waals surface area (Å²) < 4.78 is 4.91. The smallest absolute Gasteiger partial charge is 0.235 e. The first kappa shape index (κ1) is 27.6. The molecule has 0 fully saturated rings. The molecule has 8 aromatic carbocycles. The third-order valence-corrected chi connectivity index (χ3v) is 11.3. The largest absolute Gasteiger partial charge is 0.277 e. The lowest BCUT2D eigenvalue weighted by Gasteiger charge is -2.14. The Morgan fingerprint density at radius 2 is 1.16 bits per heavy atom. The highest BCUT2D eigenvalue weighted by atomic mass is 32.1. The maximum absolute atomic E-state index is 5.40. The van der Waals surface area contributed by atoms with Gasteiger partial charge in [-0.15, -0.1) is 11.3 Å². The Hall–Kier alpha value is -6.36. The Morgan fingerprint density at radius 1 is 0.440 bits per heavy atom. The standard InChI is InChI=1S/C46H27N3S/c1-2-12-29(13-3-1)44-36-17-8-9-20-39(36)47-46(48-44)49-40-27-31-15-5-4-14-30(31)25-37(40)35-19-10-18-34(45(35)49)32-22-23-41-38(26-32)43-33-16-7-6-11-28(33)21-24-42(43)50-41/h1-27H. The van der Waals surface area contributed by atoms with Crippen LogP contribution >= 0.6 is 11.3 Å². The minimum absolute atomic E-state index is 0.665. The van der Waals surface area contributed by atoms with Crippen molar-refractivity contribution in [2.75, 3.05) is 0 Å². The average Bonchev–Trinajstić information content (AvgIpc) is 3.72. The summed E-state index contributed by atoms with van der Waals surface area (Å²) in [7, 11) is 0. The fourth-order valence-electron chi connectivity index (χ4n) is 7.89. The number of benzene rings is 8. The van der Waals surface area contributed by atoms with E-state index in [1.54, 1.807) is 0 Å². The zero-order valence-corrected chi connectivity index (χ0v) is 27.7. The second kappa shape index (κ2) is 10.6. The van der Waals surface area contributed by atoms with E-state index in [1.807, 2.05) is 11.3 Å². The van der Waals surface area contributed by atoms with Gasteiger partial charge in [-0.25, -0.2) is 9.97 Å². The molecule has 11 rings (SSSR count). The molecule has 0 aliphatic heterocycles. The predicted octanol–water partition coefficient (Wildman–Crippen LogP) is 12.7. The van der Waals surface area contributed by atoms with Gasteiger partial charge in [0.25, 0.3) is 0 Å². The van der Waals surface area contributed by atoms with Crippen LogP contribution in [-0.4, -0.2) is 14.5 Å². The Balaban J connectivity index is 1.27. The molecule has 0 aliphatic carbocycles. The molecule has 0 atom stereocenters. The van der Waals surface area contributed by atoms with Crippen LogP contribution < -0.4 is 0 Å². The van der Waals surface area contributed by atoms with Gasteiger partial charge in [-0.1, -0.05) is 127 Å². The van der Waals surface area contributed by atoms with Crippen LogP contribution in [0.3, 0.4) is 0 Å². The SMILES string of the molecule is c1ccc(-c2nc(-n3c4cc5ccccc5cc4c4cccc(-c5ccc6sc7ccc8ccccc8c7c6c5)c43)nc3ccccc23)cc1. The number of hydrogen-bond acceptors (Lipinski definition) is 3. The van der Waals surface area contributed by atoms with E-state index in [0.717, 1.165) is 38.8 Å². The highest BCUT2D eigenvalue weighted by Gasteiger charge is 2.21. The van der Waals surface area contributed by atoms with Crippen molar-refractivity contribution in [3.8, 4) is 28.3 Å². The predicted molar refractivity (Wildman–Crippen MR) is 213 cm³/mol. The molecule has 0 saturated heterocycles. The maximum Gasteiger partial charge on any atom is 0.235 e. The van der Waals surface area contributed by atoms with Gasteiger partial charge >= 0.3 is 0 Å². The number of fused-ring (bicyclic) bond motifs is 10. The molecular weight excluding hydrogens is 627 g/mol. The lowest BCUT2D eigenvalue weighted by atomic mass is 9.98. The molecule has 50 heavy (non-hydrogen) atoms. The third kappa shape index (κ3) is 4.03. The molecule has 0 radical (unpaired) electrons. The number of para-hydroxylation sites is 2. The van der Waals surface area contributed by atoms with Crippen molar-refractivity contribution in [1.29, 1.82) is 0 Å². The second-order valence-electron chi connectivity index (χ2n) is 13.0. The van der Waals surface area contributed by atoms with E-state index in [9.17, 15) is 0 Å². The quantitative estimate of drug-likeness (QED) is 0.190. The van der Waals surface area contributed by atoms with Gasteiger partial charge in [-0.2, -0.15) is 0 Å². The van der Waals surface area contributed by atoms with Crippen LogP contribution in [0.15, 0.2) is 164 Å². The molecule has 0 bridgehead atoms. The number of rotatable bonds is 3. The van der Waals surface area contributed by atoms with Crippen LogP contribution in [0.2, 0.25) is 0 Å². The van der Waals surface area contributed by atoms with Crippen LogP contribution in [0.1, 0.15) is 0 Å². The number of thiophene rings is 1. The Bertz CT molecular complexity index is 3150. The van der Waals surface area contributed by atoms with E-state index >= 15 is 0 Å². The molecule has 0 aliphatic rings. The van der Waals surface area contributed by atoms with Gasteiger partial charge in [0, 0.05) is 47.5 Å². The number of hydrogen-bond donors (Lipinski definition) is 0. The Kier molecular flexibility index (Phi) is 5.83. The van der Waals surface area contributed by atoms with E-state index in [4.69, 9.17) is 9.97 Å². The van der Waals surface area contributed by atoms with E-state index in [1.165, 1.54) is 58.1 Å². The van der Waals surface area contributed by atoms with Crippen LogP contribution in [0.25, 0.3) is 103 Å². The van der Waals surface area contributed by atoms with Gasteiger partial charge in [0.15, 0.2) is 0 Å². The van der Waals surface area contributed by atoms with Gasteiger partial charge in [-0.3, -0.25) is 4.57 Å². The van der Waals surface area contributed by atoms with Crippen molar-refractivity contribution >= 4 is 85.8 Å². The molecule has 3 aromatic heterocycles. The maximum atomic E-state index is 5.40. The van der Waals surface area contributed by atoms with Crippen molar-refractivity contribution in [3.63, 3.8) is 0 Å². The summed E-state index contributed by atoms with van der Waals surface area (Å²) in [6.45, 7) is 0. The van der Waals surface area contributed by atoms with Gasteiger partial charge in [0.05, 0.1) is 22.2 Å². The normalized spacial score (nSPS) is 12.0. The minimum Gasteiger partial charge on any atom is -0.277 e. The molecule has 232 valence electrons. The zero-order valence-electron chi connectivity index (χ0n) is 26.8. The summed E-state index contributed by atoms with van der Waals surface area (Å²) in [5, 5.41) is 11.0. The van der Waals surface area contributed by atoms with Crippen molar-refractivity contribution < 1.29 is 0 Å². The van der Waals surface area contributed by atoms with Crippen molar-refractivity contribution in [1.82, 2.24) is 14.5 Å². The number of aromatic nitrogens is 3. The molecule has 3 nitrogen and oxygen atoms in total. The number of nitrogens with zero attached hydrogens (tertiary/aromatic N) is 3. The summed E-state index contributed by atoms with van der Waals surface area (Å²) >= 11 is 1.86. The van der Waals surface area contributed by atoms with Crippen LogP contribution in [0.5, 0.6) is 0 Å². The molecule has 4 heteroatoms. The first-order chi connectivity index (χ1) is 24.8. The molecule has 0 saturated carbocycles. The van der Waals surface area contributed by atoms with E-state index in [2.05, 4.69) is 168 Å². The lowest BCUT2D eigenvalue weighted by molar-refractivity contribution is 1.01. The Morgan fingerprint density at radius 3 is 2.04 bits per heavy atom. The van der Waals surface area contributed by atoms with Crippen LogP contribution in [0.4, 0.5) is 0 Å². The molecular formula is C46H27N3S. The highest BCUT2D eigenvalue weighted by molar-refractivity contribution is 7.26. The van der Waals surface area contributed by atoms with Gasteiger partial charge < -0.3 is 0 Å². The zero-order chi connectivity index (χ0) is 32.8. The fourth-order valence-corrected chi connectivity index (χ4v) is 8.99. The summed E-state index contributed by atoms with van der Waals surface area (Å²) in [4.78, 5) is 10.7. The molecule has 11 aromatic rings. The van der Waals surface area contributed by atoms with Gasteiger partial charge in [-0.05, 0) is 63.5 Å². The molecule has 0 unspecified atom stereocenters. The van der Waals surface area contributed by atoms with Crippen molar-refractivity contribution in [2.24, 2.45) is 0 Å². The first-order valence-corrected chi connectivity index (χ1v) is 17.7. The molecule has 0 amide bonds. The van der Waals surface area contributed by atoms with Crippen LogP contribution in [-0.2, 0) is 0 Å². The van der Waals surface area contributed by atoms with E-state index in [-0.39, 0.29) is 0 Å². The van der Waals surface area contributed by atoms with Gasteiger partial charge in [0.2, 0.25) is 5.95 Å². The summed E-state index contributed by atoms with van der Waals surface area (Å²) in [6, 6.07) is 58.9. The lowest BCUT2D eigenvalue weighted by Crippen LogP contribution is -2.04. The summed E-state index contributed by atoms with van der Waals surface area (Å²) in [5.41, 5.74) is 7.45. The van der Waals surface area contributed by atoms with Crippen LogP contribution in [0, 0.1) is 0 Å². The molecule has 3 heterocycles. The average molecular weight is 654 g/mol. The van der Waals surface area contributed by atoms with Crippen molar-refractivity contribution in [2.45, 2.75) is 0 Å². The monoisotopic (exact) mass is 653 g/mol. The summed E-state index contributed by atoms with van der Waals surface area (Å²) in [6.07, 6.45) is 0. The minimum atomic E-state index is 0.665. The topological polar surface area (TPSA) is 30.7 Å². The van der Waals surface area contributed by atoms with E-state index < -0.39 is 0 Å². The summed E-state index contributed by atoms with van der Waals surface area (Å²) in [5.74, 6) is 0.665. The highest BCUT2D eigenvalue weighted by Crippen LogP contribution is 2.43. The fraction of sp³-hybridized carbons (Fsp3) is 0. The molecule has 0 spiro atoms. The van der Waals surface area contributed by atoms with E-state index in [0.29, 0.717) is 5.95 Å². The van der Waals surface area contributed by atoms with Crippen molar-refractivity contribution in [3.05, 3.63) is 164 Å². The second-order valence-corrected chi connectivity index (χ2v) is 14.1. The van der Waals surface area contributed by atoms with Gasteiger partial charge in [0.1, 0.15) is 0 Å². The first-order valence-electron chi connectivity index (χ1n) is 16.9. The Labute approximate surface area is 291 Å².